The van der Waals surface area contributed by atoms with Crippen LogP contribution >= 0.6 is 11.6 Å². The number of nitrogens with zero attached hydrogens (tertiary/aromatic N) is 1. The lowest BCUT2D eigenvalue weighted by Gasteiger charge is -2.18. The molecule has 0 aromatic heterocycles. The van der Waals surface area contributed by atoms with Gasteiger partial charge in [0.2, 0.25) is 0 Å². The highest BCUT2D eigenvalue weighted by Gasteiger charge is 2.24. The van der Waals surface area contributed by atoms with E-state index in [0.717, 1.165) is 5.70 Å². The average molecular weight is 272 g/mol. The molecule has 0 atom stereocenters. The second-order valence-electron chi connectivity index (χ2n) is 4.23. The van der Waals surface area contributed by atoms with Gasteiger partial charge in [-0.2, -0.15) is 0 Å². The van der Waals surface area contributed by atoms with Crippen LogP contribution in [0.1, 0.15) is 12.0 Å². The maximum Gasteiger partial charge on any atom is 0.179 e. The number of allylic oxidation sites excluding steroid dienone is 1. The van der Waals surface area contributed by atoms with Crippen molar-refractivity contribution in [3.63, 3.8) is 0 Å². The lowest BCUT2D eigenvalue weighted by molar-refractivity contribution is 0.586. The molecule has 1 heterocycles. The van der Waals surface area contributed by atoms with Crippen LogP contribution < -0.4 is 0 Å². The first-order valence-corrected chi connectivity index (χ1v) is 7.35. The maximum atomic E-state index is 12.1. The third kappa shape index (κ3) is 2.33. The molecule has 3 nitrogen and oxygen atoms in total. The van der Waals surface area contributed by atoms with Gasteiger partial charge in [-0.25, -0.2) is 8.42 Å². The smallest absolute Gasteiger partial charge is 0.179 e. The molecule has 92 valence electrons. The fourth-order valence-electron chi connectivity index (χ4n) is 1.97. The maximum absolute atomic E-state index is 12.1. The number of fused-ring (bicyclic) bond motifs is 1. The van der Waals surface area contributed by atoms with Crippen LogP contribution in [0.5, 0.6) is 0 Å². The highest BCUT2D eigenvalue weighted by atomic mass is 35.5. The standard InChI is InChI=1S/C12H14ClNO2S/c1-14(2)11-4-3-7-17(15,16)12-6-5-9(13)8-10(11)12/h4-6,8H,3,7H2,1-2H3. The number of halogens is 1. The summed E-state index contributed by atoms with van der Waals surface area (Å²) in [4.78, 5) is 2.29. The summed E-state index contributed by atoms with van der Waals surface area (Å²) in [5.74, 6) is 0.152. The second kappa shape index (κ2) is 4.35. The Balaban J connectivity index is 2.73. The minimum Gasteiger partial charge on any atom is -0.377 e. The van der Waals surface area contributed by atoms with E-state index in [1.165, 1.54) is 0 Å². The van der Waals surface area contributed by atoms with Gasteiger partial charge >= 0.3 is 0 Å². The molecule has 1 aromatic carbocycles. The molecule has 1 aliphatic rings. The molecule has 0 fully saturated rings. The number of hydrogen-bond donors (Lipinski definition) is 0. The molecular formula is C12H14ClNO2S. The average Bonchev–Trinajstić information content (AvgIpc) is 2.34. The minimum atomic E-state index is -3.20. The van der Waals surface area contributed by atoms with E-state index in [-0.39, 0.29) is 5.75 Å². The summed E-state index contributed by atoms with van der Waals surface area (Å²) in [6.45, 7) is 0. The zero-order chi connectivity index (χ0) is 12.6. The van der Waals surface area contributed by atoms with E-state index in [0.29, 0.717) is 21.9 Å². The Morgan fingerprint density at radius 3 is 2.65 bits per heavy atom. The number of rotatable bonds is 1. The molecule has 0 aliphatic carbocycles. The van der Waals surface area contributed by atoms with Gasteiger partial charge < -0.3 is 4.90 Å². The first-order valence-electron chi connectivity index (χ1n) is 5.32. The molecule has 0 radical (unpaired) electrons. The molecule has 0 amide bonds. The summed E-state index contributed by atoms with van der Waals surface area (Å²) >= 11 is 5.95. The fourth-order valence-corrected chi connectivity index (χ4v) is 3.56. The van der Waals surface area contributed by atoms with Gasteiger partial charge in [-0.05, 0) is 24.6 Å². The van der Waals surface area contributed by atoms with Crippen molar-refractivity contribution in [2.75, 3.05) is 19.8 Å². The van der Waals surface area contributed by atoms with Gasteiger partial charge in [-0.15, -0.1) is 0 Å². The first kappa shape index (κ1) is 12.5. The zero-order valence-corrected chi connectivity index (χ0v) is 11.3. The van der Waals surface area contributed by atoms with Crippen LogP contribution in [0.15, 0.2) is 29.2 Å². The Hall–Kier alpha value is -1.00. The van der Waals surface area contributed by atoms with Crippen molar-refractivity contribution in [3.8, 4) is 0 Å². The van der Waals surface area contributed by atoms with Gasteiger partial charge in [0.15, 0.2) is 9.84 Å². The molecule has 5 heteroatoms. The van der Waals surface area contributed by atoms with Crippen molar-refractivity contribution in [2.45, 2.75) is 11.3 Å². The van der Waals surface area contributed by atoms with Crippen molar-refractivity contribution < 1.29 is 8.42 Å². The highest BCUT2D eigenvalue weighted by molar-refractivity contribution is 7.91. The topological polar surface area (TPSA) is 37.4 Å². The predicted molar refractivity (Wildman–Crippen MR) is 69.8 cm³/mol. The minimum absolute atomic E-state index is 0.152. The normalized spacial score (nSPS) is 17.9. The molecule has 17 heavy (non-hydrogen) atoms. The Bertz CT molecular complexity index is 576. The van der Waals surface area contributed by atoms with Crippen molar-refractivity contribution in [3.05, 3.63) is 34.9 Å². The quantitative estimate of drug-likeness (QED) is 0.787. The summed E-state index contributed by atoms with van der Waals surface area (Å²) in [6, 6.07) is 4.93. The molecule has 0 spiro atoms. The summed E-state index contributed by atoms with van der Waals surface area (Å²) in [6.07, 6.45) is 2.47. The molecular weight excluding hydrogens is 258 g/mol. The third-order valence-electron chi connectivity index (χ3n) is 2.76. The number of benzene rings is 1. The summed E-state index contributed by atoms with van der Waals surface area (Å²) in [5.41, 5.74) is 1.60. The lowest BCUT2D eigenvalue weighted by atomic mass is 10.1. The van der Waals surface area contributed by atoms with E-state index < -0.39 is 9.84 Å². The zero-order valence-electron chi connectivity index (χ0n) is 9.77. The number of sulfone groups is 1. The van der Waals surface area contributed by atoms with Crippen LogP contribution in [-0.2, 0) is 9.84 Å². The molecule has 1 aromatic rings. The van der Waals surface area contributed by atoms with Crippen molar-refractivity contribution in [1.29, 1.82) is 0 Å². The van der Waals surface area contributed by atoms with E-state index in [1.54, 1.807) is 18.2 Å². The Kier molecular flexibility index (Phi) is 3.19. The van der Waals surface area contributed by atoms with Crippen LogP contribution in [0.2, 0.25) is 5.02 Å². The molecule has 0 N–H and O–H groups in total. The van der Waals surface area contributed by atoms with E-state index >= 15 is 0 Å². The predicted octanol–water partition coefficient (Wildman–Crippen LogP) is 2.42. The van der Waals surface area contributed by atoms with Gasteiger partial charge in [-0.1, -0.05) is 17.7 Å². The highest BCUT2D eigenvalue weighted by Crippen LogP contribution is 2.31. The molecule has 2 rings (SSSR count). The molecule has 0 unspecified atom stereocenters. The number of hydrogen-bond acceptors (Lipinski definition) is 3. The summed E-state index contributed by atoms with van der Waals surface area (Å²) in [5, 5.41) is 0.550. The first-order chi connectivity index (χ1) is 7.92. The van der Waals surface area contributed by atoms with Crippen LogP contribution in [0.3, 0.4) is 0 Å². The molecule has 0 saturated heterocycles. The van der Waals surface area contributed by atoms with E-state index in [4.69, 9.17) is 11.6 Å². The SMILES string of the molecule is CN(C)C1=CCCS(=O)(=O)c2ccc(Cl)cc21. The van der Waals surface area contributed by atoms with Gasteiger partial charge in [0.05, 0.1) is 10.6 Å². The summed E-state index contributed by atoms with van der Waals surface area (Å²) in [7, 11) is 0.595. The Morgan fingerprint density at radius 2 is 2.00 bits per heavy atom. The van der Waals surface area contributed by atoms with E-state index in [9.17, 15) is 8.42 Å². The van der Waals surface area contributed by atoms with Crippen LogP contribution in [-0.4, -0.2) is 33.2 Å². The van der Waals surface area contributed by atoms with Gasteiger partial charge in [0.25, 0.3) is 0 Å². The van der Waals surface area contributed by atoms with Crippen molar-refractivity contribution in [1.82, 2.24) is 4.90 Å². The monoisotopic (exact) mass is 271 g/mol. The third-order valence-corrected chi connectivity index (χ3v) is 4.79. The fraction of sp³-hybridized carbons (Fsp3) is 0.333. The van der Waals surface area contributed by atoms with E-state index in [2.05, 4.69) is 0 Å². The van der Waals surface area contributed by atoms with Crippen LogP contribution in [0, 0.1) is 0 Å². The Morgan fingerprint density at radius 1 is 1.29 bits per heavy atom. The van der Waals surface area contributed by atoms with Gasteiger partial charge in [0, 0.05) is 30.4 Å². The largest absolute Gasteiger partial charge is 0.377 e. The molecule has 0 saturated carbocycles. The van der Waals surface area contributed by atoms with Gasteiger partial charge in [-0.3, -0.25) is 0 Å². The lowest BCUT2D eigenvalue weighted by Crippen LogP contribution is -2.12. The van der Waals surface area contributed by atoms with Crippen molar-refractivity contribution in [2.24, 2.45) is 0 Å². The van der Waals surface area contributed by atoms with Crippen LogP contribution in [0.25, 0.3) is 5.70 Å². The molecule has 0 bridgehead atoms. The Labute approximate surface area is 107 Å². The van der Waals surface area contributed by atoms with Crippen LogP contribution in [0.4, 0.5) is 0 Å². The second-order valence-corrected chi connectivity index (χ2v) is 6.75. The molecule has 1 aliphatic heterocycles. The summed E-state index contributed by atoms with van der Waals surface area (Å²) < 4.78 is 24.2. The van der Waals surface area contributed by atoms with Crippen molar-refractivity contribution >= 4 is 27.1 Å². The van der Waals surface area contributed by atoms with Gasteiger partial charge in [0.1, 0.15) is 0 Å². The van der Waals surface area contributed by atoms with E-state index in [1.807, 2.05) is 25.1 Å².